The minimum atomic E-state index is -0.0438. The summed E-state index contributed by atoms with van der Waals surface area (Å²) < 4.78 is 5.32. The molecule has 1 aliphatic carbocycles. The highest BCUT2D eigenvalue weighted by molar-refractivity contribution is 5.76. The predicted octanol–water partition coefficient (Wildman–Crippen LogP) is 1.51. The van der Waals surface area contributed by atoms with Crippen LogP contribution >= 0.6 is 0 Å². The fourth-order valence-corrected chi connectivity index (χ4v) is 3.73. The molecule has 0 bridgehead atoms. The van der Waals surface area contributed by atoms with Crippen LogP contribution < -0.4 is 15.0 Å². The van der Waals surface area contributed by atoms with Gasteiger partial charge in [0.1, 0.15) is 6.61 Å². The number of carbonyl (C=O) groups excluding carboxylic acids is 1. The molecule has 2 fully saturated rings. The molecular weight excluding hydrogens is 320 g/mol. The van der Waals surface area contributed by atoms with Crippen LogP contribution in [0.3, 0.4) is 0 Å². The molecule has 0 radical (unpaired) electrons. The van der Waals surface area contributed by atoms with E-state index in [1.165, 1.54) is 25.7 Å². The number of aromatic nitrogens is 2. The van der Waals surface area contributed by atoms with Gasteiger partial charge in [-0.3, -0.25) is 9.78 Å². The van der Waals surface area contributed by atoms with E-state index in [2.05, 4.69) is 20.2 Å². The van der Waals surface area contributed by atoms with Gasteiger partial charge in [0.15, 0.2) is 5.82 Å². The quantitative estimate of drug-likeness (QED) is 0.777. The molecule has 0 atom stereocenters. The van der Waals surface area contributed by atoms with E-state index in [9.17, 15) is 4.79 Å². The first-order valence-corrected chi connectivity index (χ1v) is 9.34. The third-order valence-electron chi connectivity index (χ3n) is 5.07. The normalized spacial score (nSPS) is 19.2. The highest BCUT2D eigenvalue weighted by Crippen LogP contribution is 2.27. The van der Waals surface area contributed by atoms with E-state index in [1.807, 2.05) is 0 Å². The van der Waals surface area contributed by atoms with Crippen molar-refractivity contribution in [2.75, 3.05) is 31.2 Å². The molecule has 0 aromatic carbocycles. The van der Waals surface area contributed by atoms with Crippen molar-refractivity contribution < 1.29 is 14.6 Å². The SMILES string of the molecule is O=C(CC1CCCC1)NC1CCN(c2cncc(OCCO)n2)CC1. The minimum absolute atomic E-state index is 0.0438. The summed E-state index contributed by atoms with van der Waals surface area (Å²) in [5, 5.41) is 12.0. The zero-order valence-corrected chi connectivity index (χ0v) is 14.7. The molecule has 2 heterocycles. The zero-order valence-electron chi connectivity index (χ0n) is 14.7. The number of nitrogens with zero attached hydrogens (tertiary/aromatic N) is 3. The zero-order chi connectivity index (χ0) is 17.5. The number of hydrogen-bond acceptors (Lipinski definition) is 6. The number of anilines is 1. The van der Waals surface area contributed by atoms with Crippen LogP contribution in [0.25, 0.3) is 0 Å². The topological polar surface area (TPSA) is 87.6 Å². The van der Waals surface area contributed by atoms with Crippen LogP contribution in [-0.4, -0.2) is 53.3 Å². The first-order chi connectivity index (χ1) is 12.2. The van der Waals surface area contributed by atoms with E-state index in [0.29, 0.717) is 18.2 Å². The summed E-state index contributed by atoms with van der Waals surface area (Å²) in [5.74, 6) is 2.02. The Morgan fingerprint density at radius 1 is 1.24 bits per heavy atom. The maximum absolute atomic E-state index is 12.2. The smallest absolute Gasteiger partial charge is 0.234 e. The molecule has 1 aliphatic heterocycles. The number of rotatable bonds is 7. The van der Waals surface area contributed by atoms with Crippen molar-refractivity contribution in [2.45, 2.75) is 51.0 Å². The Morgan fingerprint density at radius 3 is 2.72 bits per heavy atom. The van der Waals surface area contributed by atoms with E-state index in [1.54, 1.807) is 12.4 Å². The van der Waals surface area contributed by atoms with Crippen molar-refractivity contribution in [2.24, 2.45) is 5.92 Å². The summed E-state index contributed by atoms with van der Waals surface area (Å²) in [5.41, 5.74) is 0. The summed E-state index contributed by atoms with van der Waals surface area (Å²) in [7, 11) is 0. The molecule has 7 nitrogen and oxygen atoms in total. The number of nitrogens with one attached hydrogen (secondary N) is 1. The number of aliphatic hydroxyl groups is 1. The molecule has 1 saturated heterocycles. The third-order valence-corrected chi connectivity index (χ3v) is 5.07. The van der Waals surface area contributed by atoms with Gasteiger partial charge in [0.05, 0.1) is 19.0 Å². The largest absolute Gasteiger partial charge is 0.474 e. The first kappa shape index (κ1) is 17.9. The Labute approximate surface area is 148 Å². The number of carbonyl (C=O) groups is 1. The second-order valence-corrected chi connectivity index (χ2v) is 6.97. The lowest BCUT2D eigenvalue weighted by Crippen LogP contribution is -2.45. The monoisotopic (exact) mass is 348 g/mol. The van der Waals surface area contributed by atoms with Gasteiger partial charge in [-0.15, -0.1) is 0 Å². The summed E-state index contributed by atoms with van der Waals surface area (Å²) in [6.45, 7) is 1.85. The van der Waals surface area contributed by atoms with Crippen LogP contribution in [0, 0.1) is 5.92 Å². The van der Waals surface area contributed by atoms with Gasteiger partial charge in [-0.1, -0.05) is 12.8 Å². The average molecular weight is 348 g/mol. The van der Waals surface area contributed by atoms with Crippen molar-refractivity contribution in [1.29, 1.82) is 0 Å². The van der Waals surface area contributed by atoms with Crippen molar-refractivity contribution in [3.63, 3.8) is 0 Å². The van der Waals surface area contributed by atoms with Gasteiger partial charge >= 0.3 is 0 Å². The van der Waals surface area contributed by atoms with Crippen LogP contribution in [0.15, 0.2) is 12.4 Å². The number of piperidine rings is 1. The lowest BCUT2D eigenvalue weighted by molar-refractivity contribution is -0.122. The summed E-state index contributed by atoms with van der Waals surface area (Å²) in [6, 6.07) is 0.256. The summed E-state index contributed by atoms with van der Waals surface area (Å²) in [4.78, 5) is 22.9. The summed E-state index contributed by atoms with van der Waals surface area (Å²) >= 11 is 0. The van der Waals surface area contributed by atoms with E-state index >= 15 is 0 Å². The average Bonchev–Trinajstić information content (AvgIpc) is 3.13. The van der Waals surface area contributed by atoms with Crippen LogP contribution in [0.5, 0.6) is 5.88 Å². The standard InChI is InChI=1S/C18H28N4O3/c23-9-10-25-18-13-19-12-16(21-18)22-7-5-15(6-8-22)20-17(24)11-14-3-1-2-4-14/h12-15,23H,1-11H2,(H,20,24). The van der Waals surface area contributed by atoms with E-state index < -0.39 is 0 Å². The lowest BCUT2D eigenvalue weighted by Gasteiger charge is -2.33. The Hall–Kier alpha value is -1.89. The van der Waals surface area contributed by atoms with Gasteiger partial charge in [0.25, 0.3) is 0 Å². The number of ether oxygens (including phenoxy) is 1. The number of hydrogen-bond donors (Lipinski definition) is 2. The highest BCUT2D eigenvalue weighted by atomic mass is 16.5. The Balaban J connectivity index is 1.44. The Kier molecular flexibility index (Phi) is 6.44. The molecule has 0 unspecified atom stereocenters. The maximum Gasteiger partial charge on any atom is 0.234 e. The minimum Gasteiger partial charge on any atom is -0.474 e. The van der Waals surface area contributed by atoms with Gasteiger partial charge in [-0.2, -0.15) is 4.98 Å². The second-order valence-electron chi connectivity index (χ2n) is 6.97. The van der Waals surface area contributed by atoms with E-state index in [4.69, 9.17) is 9.84 Å². The molecular formula is C18H28N4O3. The molecule has 0 spiro atoms. The first-order valence-electron chi connectivity index (χ1n) is 9.34. The molecule has 138 valence electrons. The lowest BCUT2D eigenvalue weighted by atomic mass is 10.0. The highest BCUT2D eigenvalue weighted by Gasteiger charge is 2.24. The molecule has 1 aromatic heterocycles. The van der Waals surface area contributed by atoms with Gasteiger partial charge in [0, 0.05) is 25.6 Å². The van der Waals surface area contributed by atoms with Crippen LogP contribution in [0.2, 0.25) is 0 Å². The van der Waals surface area contributed by atoms with Crippen LogP contribution in [-0.2, 0) is 4.79 Å². The fourth-order valence-electron chi connectivity index (χ4n) is 3.73. The Morgan fingerprint density at radius 2 is 2.00 bits per heavy atom. The van der Waals surface area contributed by atoms with E-state index in [-0.39, 0.29) is 25.2 Å². The molecule has 25 heavy (non-hydrogen) atoms. The van der Waals surface area contributed by atoms with E-state index in [0.717, 1.165) is 31.7 Å². The third kappa shape index (κ3) is 5.29. The fraction of sp³-hybridized carbons (Fsp3) is 0.722. The van der Waals surface area contributed by atoms with Gasteiger partial charge in [-0.25, -0.2) is 0 Å². The van der Waals surface area contributed by atoms with Crippen LogP contribution in [0.4, 0.5) is 5.82 Å². The van der Waals surface area contributed by atoms with Crippen LogP contribution in [0.1, 0.15) is 44.9 Å². The van der Waals surface area contributed by atoms with Crippen molar-refractivity contribution in [1.82, 2.24) is 15.3 Å². The molecule has 2 aliphatic rings. The molecule has 2 N–H and O–H groups in total. The molecule has 1 aromatic rings. The number of aliphatic hydroxyl groups excluding tert-OH is 1. The van der Waals surface area contributed by atoms with Gasteiger partial charge in [0.2, 0.25) is 11.8 Å². The molecule has 7 heteroatoms. The predicted molar refractivity (Wildman–Crippen MR) is 94.6 cm³/mol. The Bertz CT molecular complexity index is 555. The van der Waals surface area contributed by atoms with Gasteiger partial charge < -0.3 is 20.1 Å². The molecule has 1 saturated carbocycles. The molecule has 1 amide bonds. The van der Waals surface area contributed by atoms with Crippen molar-refractivity contribution in [3.8, 4) is 5.88 Å². The van der Waals surface area contributed by atoms with Gasteiger partial charge in [-0.05, 0) is 31.6 Å². The molecule has 3 rings (SSSR count). The maximum atomic E-state index is 12.2. The number of amides is 1. The summed E-state index contributed by atoms with van der Waals surface area (Å²) in [6.07, 6.45) is 10.8. The van der Waals surface area contributed by atoms with Crippen molar-refractivity contribution >= 4 is 11.7 Å². The van der Waals surface area contributed by atoms with Crippen molar-refractivity contribution in [3.05, 3.63) is 12.4 Å². The second kappa shape index (κ2) is 8.99.